The first-order chi connectivity index (χ1) is 8.72. The molecule has 1 rings (SSSR count). The molecule has 0 spiro atoms. The Morgan fingerprint density at radius 3 is 2.26 bits per heavy atom. The molecular formula is C11H12N2O6. The number of nitro benzene ring substituents is 1. The van der Waals surface area contributed by atoms with Gasteiger partial charge in [0.15, 0.2) is 0 Å². The van der Waals surface area contributed by atoms with Gasteiger partial charge in [-0.2, -0.15) is 0 Å². The van der Waals surface area contributed by atoms with E-state index in [0.717, 1.165) is 0 Å². The number of carboxylic acid groups (broad SMARTS) is 1. The highest BCUT2D eigenvalue weighted by atomic mass is 16.6. The van der Waals surface area contributed by atoms with E-state index in [0.29, 0.717) is 0 Å². The molecule has 1 amide bonds. The second-order valence-electron chi connectivity index (χ2n) is 4.20. The van der Waals surface area contributed by atoms with Crippen molar-refractivity contribution in [2.24, 2.45) is 0 Å². The first-order valence-electron chi connectivity index (χ1n) is 5.20. The Balaban J connectivity index is 2.67. The molecule has 1 aromatic rings. The van der Waals surface area contributed by atoms with Gasteiger partial charge in [-0.3, -0.25) is 10.1 Å². The molecule has 8 nitrogen and oxygen atoms in total. The molecule has 19 heavy (non-hydrogen) atoms. The number of nitrogens with one attached hydrogen (secondary N) is 1. The van der Waals surface area contributed by atoms with Crippen molar-refractivity contribution in [3.8, 4) is 5.75 Å². The summed E-state index contributed by atoms with van der Waals surface area (Å²) in [6, 6.07) is 4.83. The fraction of sp³-hybridized carbons (Fsp3) is 0.273. The Labute approximate surface area is 108 Å². The lowest BCUT2D eigenvalue weighted by Crippen LogP contribution is -2.50. The number of rotatable bonds is 4. The first kappa shape index (κ1) is 14.4. The molecule has 0 radical (unpaired) electrons. The zero-order chi connectivity index (χ0) is 14.6. The molecule has 0 aliphatic rings. The lowest BCUT2D eigenvalue weighted by molar-refractivity contribution is -0.384. The number of amides is 1. The maximum atomic E-state index is 11.4. The molecule has 0 unspecified atom stereocenters. The van der Waals surface area contributed by atoms with Crippen molar-refractivity contribution in [1.82, 2.24) is 5.32 Å². The van der Waals surface area contributed by atoms with E-state index in [2.05, 4.69) is 5.32 Å². The average molecular weight is 268 g/mol. The summed E-state index contributed by atoms with van der Waals surface area (Å²) >= 11 is 0. The third-order valence-corrected chi connectivity index (χ3v) is 2.21. The van der Waals surface area contributed by atoms with Crippen molar-refractivity contribution in [3.63, 3.8) is 0 Å². The molecule has 1 aromatic carbocycles. The van der Waals surface area contributed by atoms with E-state index in [9.17, 15) is 19.7 Å². The highest BCUT2D eigenvalue weighted by molar-refractivity contribution is 5.84. The van der Waals surface area contributed by atoms with Gasteiger partial charge in [0.2, 0.25) is 0 Å². The molecule has 8 heteroatoms. The molecule has 2 N–H and O–H groups in total. The molecule has 0 saturated heterocycles. The zero-order valence-corrected chi connectivity index (χ0v) is 10.2. The van der Waals surface area contributed by atoms with Crippen LogP contribution < -0.4 is 10.1 Å². The highest BCUT2D eigenvalue weighted by Crippen LogP contribution is 2.17. The number of hydrogen-bond donors (Lipinski definition) is 2. The number of ether oxygens (including phenoxy) is 1. The predicted molar refractivity (Wildman–Crippen MR) is 64.0 cm³/mol. The molecule has 0 saturated carbocycles. The number of benzene rings is 1. The normalized spacial score (nSPS) is 10.6. The Bertz CT molecular complexity index is 508. The zero-order valence-electron chi connectivity index (χ0n) is 10.2. The van der Waals surface area contributed by atoms with Gasteiger partial charge in [-0.1, -0.05) is 0 Å². The van der Waals surface area contributed by atoms with Crippen LogP contribution in [0.1, 0.15) is 13.8 Å². The molecule has 0 bridgehead atoms. The van der Waals surface area contributed by atoms with Gasteiger partial charge in [0.1, 0.15) is 11.3 Å². The minimum atomic E-state index is -1.47. The number of nitrogens with zero attached hydrogens (tertiary/aromatic N) is 1. The van der Waals surface area contributed by atoms with Crippen LogP contribution in [0.5, 0.6) is 5.75 Å². The quantitative estimate of drug-likeness (QED) is 0.631. The van der Waals surface area contributed by atoms with Crippen LogP contribution in [0.25, 0.3) is 0 Å². The third kappa shape index (κ3) is 3.95. The van der Waals surface area contributed by atoms with Crippen LogP contribution in [-0.2, 0) is 4.79 Å². The van der Waals surface area contributed by atoms with Crippen molar-refractivity contribution in [1.29, 1.82) is 0 Å². The largest absolute Gasteiger partial charge is 0.480 e. The predicted octanol–water partition coefficient (Wildman–Crippen LogP) is 1.55. The molecule has 0 aromatic heterocycles. The average Bonchev–Trinajstić information content (AvgIpc) is 2.28. The lowest BCUT2D eigenvalue weighted by atomic mass is 10.1. The van der Waals surface area contributed by atoms with E-state index in [1.165, 1.54) is 38.1 Å². The van der Waals surface area contributed by atoms with Crippen LogP contribution in [0.15, 0.2) is 24.3 Å². The number of aliphatic carboxylic acids is 1. The van der Waals surface area contributed by atoms with Gasteiger partial charge in [0, 0.05) is 12.1 Å². The fourth-order valence-electron chi connectivity index (χ4n) is 1.08. The minimum Gasteiger partial charge on any atom is -0.480 e. The maximum Gasteiger partial charge on any atom is 0.413 e. The van der Waals surface area contributed by atoms with Gasteiger partial charge in [-0.15, -0.1) is 0 Å². The van der Waals surface area contributed by atoms with Gasteiger partial charge >= 0.3 is 12.1 Å². The van der Waals surface area contributed by atoms with Gasteiger partial charge in [0.05, 0.1) is 4.92 Å². The van der Waals surface area contributed by atoms with E-state index in [1.54, 1.807) is 0 Å². The molecule has 0 aliphatic carbocycles. The monoisotopic (exact) mass is 268 g/mol. The van der Waals surface area contributed by atoms with Gasteiger partial charge < -0.3 is 15.2 Å². The summed E-state index contributed by atoms with van der Waals surface area (Å²) < 4.78 is 4.80. The summed E-state index contributed by atoms with van der Waals surface area (Å²) in [7, 11) is 0. The van der Waals surface area contributed by atoms with E-state index < -0.39 is 22.5 Å². The Morgan fingerprint density at radius 2 is 1.84 bits per heavy atom. The highest BCUT2D eigenvalue weighted by Gasteiger charge is 2.29. The SMILES string of the molecule is CC(C)(NC(=O)Oc1ccc([N+](=O)[O-])cc1)C(=O)O. The summed E-state index contributed by atoms with van der Waals surface area (Å²) in [6.07, 6.45) is -0.957. The van der Waals surface area contributed by atoms with Crippen LogP contribution >= 0.6 is 0 Å². The number of carbonyl (C=O) groups excluding carboxylic acids is 1. The number of hydrogen-bond acceptors (Lipinski definition) is 5. The summed E-state index contributed by atoms with van der Waals surface area (Å²) in [6.45, 7) is 2.60. The summed E-state index contributed by atoms with van der Waals surface area (Å²) in [5.41, 5.74) is -1.61. The van der Waals surface area contributed by atoms with E-state index >= 15 is 0 Å². The van der Waals surface area contributed by atoms with Gasteiger partial charge in [0.25, 0.3) is 5.69 Å². The van der Waals surface area contributed by atoms with Crippen LogP contribution in [-0.4, -0.2) is 27.6 Å². The number of carboxylic acids is 1. The summed E-state index contributed by atoms with van der Waals surface area (Å²) in [5.74, 6) is -1.14. The Morgan fingerprint density at radius 1 is 1.32 bits per heavy atom. The molecule has 102 valence electrons. The van der Waals surface area contributed by atoms with Gasteiger partial charge in [-0.05, 0) is 26.0 Å². The molecular weight excluding hydrogens is 256 g/mol. The third-order valence-electron chi connectivity index (χ3n) is 2.21. The van der Waals surface area contributed by atoms with Crippen LogP contribution in [0.4, 0.5) is 10.5 Å². The van der Waals surface area contributed by atoms with Crippen LogP contribution in [0.2, 0.25) is 0 Å². The smallest absolute Gasteiger partial charge is 0.413 e. The van der Waals surface area contributed by atoms with Crippen molar-refractivity contribution < 1.29 is 24.4 Å². The lowest BCUT2D eigenvalue weighted by Gasteiger charge is -2.20. The van der Waals surface area contributed by atoms with Crippen LogP contribution in [0, 0.1) is 10.1 Å². The molecule has 0 fully saturated rings. The van der Waals surface area contributed by atoms with E-state index in [-0.39, 0.29) is 11.4 Å². The summed E-state index contributed by atoms with van der Waals surface area (Å²) in [4.78, 5) is 32.0. The Hall–Kier alpha value is -2.64. The second kappa shape index (κ2) is 5.34. The molecule has 0 heterocycles. The maximum absolute atomic E-state index is 11.4. The minimum absolute atomic E-state index is 0.0734. The summed E-state index contributed by atoms with van der Waals surface area (Å²) in [5, 5.41) is 21.4. The van der Waals surface area contributed by atoms with Crippen molar-refractivity contribution in [3.05, 3.63) is 34.4 Å². The van der Waals surface area contributed by atoms with Crippen molar-refractivity contribution in [2.45, 2.75) is 19.4 Å². The molecule has 0 atom stereocenters. The number of nitro groups is 1. The van der Waals surface area contributed by atoms with Gasteiger partial charge in [-0.25, -0.2) is 9.59 Å². The Kier molecular flexibility index (Phi) is 4.05. The fourth-order valence-corrected chi connectivity index (χ4v) is 1.08. The first-order valence-corrected chi connectivity index (χ1v) is 5.20. The standard InChI is InChI=1S/C11H12N2O6/c1-11(2,9(14)15)12-10(16)19-8-5-3-7(4-6-8)13(17)18/h3-6H,1-2H3,(H,12,16)(H,14,15). The van der Waals surface area contributed by atoms with Crippen molar-refractivity contribution in [2.75, 3.05) is 0 Å². The van der Waals surface area contributed by atoms with E-state index in [4.69, 9.17) is 9.84 Å². The van der Waals surface area contributed by atoms with Crippen molar-refractivity contribution >= 4 is 17.7 Å². The topological polar surface area (TPSA) is 119 Å². The van der Waals surface area contributed by atoms with E-state index in [1.807, 2.05) is 0 Å². The number of non-ortho nitro benzene ring substituents is 1. The van der Waals surface area contributed by atoms with Crippen LogP contribution in [0.3, 0.4) is 0 Å². The second-order valence-corrected chi connectivity index (χ2v) is 4.20. The number of carbonyl (C=O) groups is 2. The molecule has 0 aliphatic heterocycles.